The number of fused-ring (bicyclic) bond motifs is 1. The molecule has 0 bridgehead atoms. The fraction of sp³-hybridized carbons (Fsp3) is 0.500. The van der Waals surface area contributed by atoms with Gasteiger partial charge in [0, 0.05) is 25.1 Å². The molecule has 86 valence electrons. The largest absolute Gasteiger partial charge is 0.469 e. The lowest BCUT2D eigenvalue weighted by molar-refractivity contribution is -0.163. The number of hydrogen-bond acceptors (Lipinski definition) is 3. The quantitative estimate of drug-likeness (QED) is 0.512. The lowest BCUT2D eigenvalue weighted by atomic mass is 9.55. The molecule has 0 aromatic heterocycles. The zero-order chi connectivity index (χ0) is 11.9. The SMILES string of the molecule is C=C[C@H]1C2C(=O)N(C)C=CC2[C@@H]1C(=O)OC. The highest BCUT2D eigenvalue weighted by Gasteiger charge is 2.56. The molecule has 4 heteroatoms. The van der Waals surface area contributed by atoms with E-state index in [1.165, 1.54) is 7.11 Å². The van der Waals surface area contributed by atoms with Gasteiger partial charge >= 0.3 is 5.97 Å². The van der Waals surface area contributed by atoms with Crippen LogP contribution in [0.25, 0.3) is 0 Å². The van der Waals surface area contributed by atoms with Crippen LogP contribution in [0, 0.1) is 23.7 Å². The van der Waals surface area contributed by atoms with Crippen LogP contribution in [-0.2, 0) is 14.3 Å². The summed E-state index contributed by atoms with van der Waals surface area (Å²) in [5, 5.41) is 0. The van der Waals surface area contributed by atoms with E-state index >= 15 is 0 Å². The number of allylic oxidation sites excluding steroid dienone is 2. The molecule has 2 rings (SSSR count). The van der Waals surface area contributed by atoms with E-state index in [0.717, 1.165) is 0 Å². The van der Waals surface area contributed by atoms with Gasteiger partial charge in [0.1, 0.15) is 0 Å². The fourth-order valence-corrected chi connectivity index (χ4v) is 2.66. The van der Waals surface area contributed by atoms with Gasteiger partial charge in [-0.15, -0.1) is 6.58 Å². The number of rotatable bonds is 2. The number of nitrogens with zero attached hydrogens (tertiary/aromatic N) is 1. The van der Waals surface area contributed by atoms with Gasteiger partial charge in [-0.2, -0.15) is 0 Å². The summed E-state index contributed by atoms with van der Waals surface area (Å²) in [6.45, 7) is 3.70. The average Bonchev–Trinajstić information content (AvgIpc) is 2.25. The van der Waals surface area contributed by atoms with E-state index in [-0.39, 0.29) is 35.5 Å². The Hall–Kier alpha value is -1.58. The molecule has 1 heterocycles. The second-order valence-electron chi connectivity index (χ2n) is 4.26. The number of methoxy groups -OCH3 is 1. The van der Waals surface area contributed by atoms with E-state index in [9.17, 15) is 9.59 Å². The molecule has 4 atom stereocenters. The third-order valence-corrected chi connectivity index (χ3v) is 3.57. The molecular formula is C12H15NO3. The van der Waals surface area contributed by atoms with Crippen LogP contribution in [0.2, 0.25) is 0 Å². The highest BCUT2D eigenvalue weighted by molar-refractivity contribution is 5.87. The number of amides is 1. The van der Waals surface area contributed by atoms with Crippen molar-refractivity contribution in [1.82, 2.24) is 4.90 Å². The molecule has 0 aromatic carbocycles. The van der Waals surface area contributed by atoms with Crippen LogP contribution in [0.3, 0.4) is 0 Å². The van der Waals surface area contributed by atoms with Crippen molar-refractivity contribution in [2.45, 2.75) is 0 Å². The molecule has 0 spiro atoms. The van der Waals surface area contributed by atoms with E-state index < -0.39 is 0 Å². The molecular weight excluding hydrogens is 206 g/mol. The third-order valence-electron chi connectivity index (χ3n) is 3.57. The molecule has 1 aliphatic heterocycles. The first-order valence-electron chi connectivity index (χ1n) is 5.27. The summed E-state index contributed by atoms with van der Waals surface area (Å²) in [5.74, 6) is -0.722. The topological polar surface area (TPSA) is 46.6 Å². The summed E-state index contributed by atoms with van der Waals surface area (Å²) >= 11 is 0. The van der Waals surface area contributed by atoms with E-state index in [1.54, 1.807) is 24.2 Å². The first kappa shape index (κ1) is 10.9. The van der Waals surface area contributed by atoms with Crippen molar-refractivity contribution in [3.63, 3.8) is 0 Å². The molecule has 2 unspecified atom stereocenters. The summed E-state index contributed by atoms with van der Waals surface area (Å²) in [4.78, 5) is 25.0. The standard InChI is InChI=1S/C12H15NO3/c1-4-7-9-8(10(7)12(15)16-3)5-6-13(2)11(9)14/h4-10H,1H2,2-3H3/t7-,8?,9?,10+/m0/s1. The highest BCUT2D eigenvalue weighted by atomic mass is 16.5. The van der Waals surface area contributed by atoms with Crippen LogP contribution in [0.1, 0.15) is 0 Å². The van der Waals surface area contributed by atoms with Gasteiger partial charge in [0.15, 0.2) is 0 Å². The van der Waals surface area contributed by atoms with Crippen LogP contribution in [0.4, 0.5) is 0 Å². The number of carbonyl (C=O) groups excluding carboxylic acids is 2. The van der Waals surface area contributed by atoms with Crippen LogP contribution >= 0.6 is 0 Å². The Balaban J connectivity index is 2.27. The van der Waals surface area contributed by atoms with Gasteiger partial charge in [0.2, 0.25) is 5.91 Å². The van der Waals surface area contributed by atoms with Gasteiger partial charge in [-0.3, -0.25) is 9.59 Å². The molecule has 16 heavy (non-hydrogen) atoms. The zero-order valence-electron chi connectivity index (χ0n) is 9.42. The molecule has 0 radical (unpaired) electrons. The van der Waals surface area contributed by atoms with Crippen LogP contribution in [0.15, 0.2) is 24.9 Å². The first-order valence-corrected chi connectivity index (χ1v) is 5.27. The van der Waals surface area contributed by atoms with Crippen molar-refractivity contribution >= 4 is 11.9 Å². The molecule has 2 aliphatic rings. The minimum absolute atomic E-state index is 0.0286. The maximum Gasteiger partial charge on any atom is 0.309 e. The van der Waals surface area contributed by atoms with Gasteiger partial charge in [0.05, 0.1) is 18.9 Å². The van der Waals surface area contributed by atoms with Crippen molar-refractivity contribution in [2.24, 2.45) is 23.7 Å². The highest BCUT2D eigenvalue weighted by Crippen LogP contribution is 2.50. The summed E-state index contributed by atoms with van der Waals surface area (Å²) in [5.41, 5.74) is 0. The zero-order valence-corrected chi connectivity index (χ0v) is 9.42. The van der Waals surface area contributed by atoms with Gasteiger partial charge in [-0.05, 0) is 0 Å². The Kier molecular flexibility index (Phi) is 2.58. The maximum atomic E-state index is 11.9. The van der Waals surface area contributed by atoms with Gasteiger partial charge in [-0.25, -0.2) is 0 Å². The Morgan fingerprint density at radius 3 is 2.88 bits per heavy atom. The lowest BCUT2D eigenvalue weighted by Gasteiger charge is -2.49. The van der Waals surface area contributed by atoms with Crippen molar-refractivity contribution < 1.29 is 14.3 Å². The molecule has 0 N–H and O–H groups in total. The van der Waals surface area contributed by atoms with Crippen LogP contribution in [0.5, 0.6) is 0 Å². The number of ether oxygens (including phenoxy) is 1. The molecule has 1 saturated carbocycles. The second-order valence-corrected chi connectivity index (χ2v) is 4.26. The molecule has 1 fully saturated rings. The predicted octanol–water partition coefficient (Wildman–Crippen LogP) is 0.809. The summed E-state index contributed by atoms with van der Waals surface area (Å²) in [7, 11) is 3.09. The minimum Gasteiger partial charge on any atom is -0.469 e. The number of esters is 1. The molecule has 1 amide bonds. The summed E-state index contributed by atoms with van der Waals surface area (Å²) in [6, 6.07) is 0. The number of carbonyl (C=O) groups is 2. The maximum absolute atomic E-state index is 11.9. The third kappa shape index (κ3) is 1.29. The lowest BCUT2D eigenvalue weighted by Crippen LogP contribution is -2.57. The number of hydrogen-bond donors (Lipinski definition) is 0. The predicted molar refractivity (Wildman–Crippen MR) is 58.1 cm³/mol. The van der Waals surface area contributed by atoms with Crippen molar-refractivity contribution in [2.75, 3.05) is 14.2 Å². The average molecular weight is 221 g/mol. The van der Waals surface area contributed by atoms with E-state index in [1.807, 2.05) is 6.08 Å². The Morgan fingerprint density at radius 1 is 1.62 bits per heavy atom. The Labute approximate surface area is 94.6 Å². The smallest absolute Gasteiger partial charge is 0.309 e. The van der Waals surface area contributed by atoms with Crippen LogP contribution in [-0.4, -0.2) is 30.9 Å². The minimum atomic E-state index is -0.256. The molecule has 4 nitrogen and oxygen atoms in total. The van der Waals surface area contributed by atoms with Crippen molar-refractivity contribution in [3.05, 3.63) is 24.9 Å². The summed E-state index contributed by atoms with van der Waals surface area (Å²) in [6.07, 6.45) is 5.32. The summed E-state index contributed by atoms with van der Waals surface area (Å²) < 4.78 is 4.75. The van der Waals surface area contributed by atoms with E-state index in [4.69, 9.17) is 4.74 Å². The fourth-order valence-electron chi connectivity index (χ4n) is 2.66. The first-order chi connectivity index (χ1) is 7.61. The van der Waals surface area contributed by atoms with Crippen molar-refractivity contribution in [3.8, 4) is 0 Å². The van der Waals surface area contributed by atoms with Gasteiger partial charge < -0.3 is 9.64 Å². The van der Waals surface area contributed by atoms with Crippen molar-refractivity contribution in [1.29, 1.82) is 0 Å². The van der Waals surface area contributed by atoms with Crippen LogP contribution < -0.4 is 0 Å². The molecule has 0 saturated heterocycles. The van der Waals surface area contributed by atoms with Gasteiger partial charge in [0.25, 0.3) is 0 Å². The Bertz CT molecular complexity index is 374. The van der Waals surface area contributed by atoms with E-state index in [2.05, 4.69) is 6.58 Å². The Morgan fingerprint density at radius 2 is 2.31 bits per heavy atom. The monoisotopic (exact) mass is 221 g/mol. The van der Waals surface area contributed by atoms with E-state index in [0.29, 0.717) is 0 Å². The second kappa shape index (κ2) is 3.77. The van der Waals surface area contributed by atoms with Gasteiger partial charge in [-0.1, -0.05) is 12.2 Å². The molecule has 0 aromatic rings. The normalized spacial score (nSPS) is 36.4. The molecule has 1 aliphatic carbocycles.